The van der Waals surface area contributed by atoms with Gasteiger partial charge in [-0.05, 0) is 73.9 Å². The van der Waals surface area contributed by atoms with E-state index in [0.29, 0.717) is 39.8 Å². The van der Waals surface area contributed by atoms with Crippen molar-refractivity contribution in [1.29, 1.82) is 5.26 Å². The lowest BCUT2D eigenvalue weighted by atomic mass is 10.0. The van der Waals surface area contributed by atoms with E-state index in [1.807, 2.05) is 13.0 Å². The van der Waals surface area contributed by atoms with Crippen LogP contribution in [-0.4, -0.2) is 21.5 Å². The molecule has 7 heteroatoms. The van der Waals surface area contributed by atoms with Crippen LogP contribution in [0.3, 0.4) is 0 Å². The molecular formula is C24H21FN4O2. The lowest BCUT2D eigenvalue weighted by Gasteiger charge is -2.21. The van der Waals surface area contributed by atoms with Gasteiger partial charge in [-0.3, -0.25) is 14.2 Å². The molecule has 3 unspecified atom stereocenters. The summed E-state index contributed by atoms with van der Waals surface area (Å²) in [4.78, 5) is 29.6. The van der Waals surface area contributed by atoms with Crippen LogP contribution in [0, 0.1) is 34.9 Å². The van der Waals surface area contributed by atoms with Crippen LogP contribution in [-0.2, 0) is 0 Å². The predicted molar refractivity (Wildman–Crippen MR) is 113 cm³/mol. The fraction of sp³-hybridized carbons (Fsp3) is 0.333. The predicted octanol–water partition coefficient (Wildman–Crippen LogP) is 3.42. The number of aromatic nitrogens is 2. The van der Waals surface area contributed by atoms with Gasteiger partial charge in [-0.2, -0.15) is 5.26 Å². The first-order valence-electron chi connectivity index (χ1n) is 10.4. The van der Waals surface area contributed by atoms with Gasteiger partial charge in [-0.1, -0.05) is 0 Å². The van der Waals surface area contributed by atoms with Crippen molar-refractivity contribution >= 4 is 16.8 Å². The SMILES string of the molecule is CC(NC(=O)c1ccc(C#N)cc1)C1C2CC(n3cnc4cc(F)ccc4c3=O)CC21. The Labute approximate surface area is 178 Å². The molecule has 2 aliphatic carbocycles. The number of nitrogens with one attached hydrogen (secondary N) is 1. The molecule has 0 bridgehead atoms. The summed E-state index contributed by atoms with van der Waals surface area (Å²) >= 11 is 0. The Morgan fingerprint density at radius 3 is 2.61 bits per heavy atom. The quantitative estimate of drug-likeness (QED) is 0.706. The number of halogens is 1. The molecule has 1 amide bonds. The number of carbonyl (C=O) groups excluding carboxylic acids is 1. The zero-order chi connectivity index (χ0) is 21.7. The summed E-state index contributed by atoms with van der Waals surface area (Å²) in [7, 11) is 0. The van der Waals surface area contributed by atoms with Crippen molar-refractivity contribution in [3.63, 3.8) is 0 Å². The van der Waals surface area contributed by atoms with Gasteiger partial charge in [-0.25, -0.2) is 9.37 Å². The van der Waals surface area contributed by atoms with Gasteiger partial charge in [0.25, 0.3) is 11.5 Å². The molecule has 2 fully saturated rings. The number of hydrogen-bond acceptors (Lipinski definition) is 4. The third-order valence-corrected chi connectivity index (χ3v) is 6.84. The highest BCUT2D eigenvalue weighted by Crippen LogP contribution is 2.62. The van der Waals surface area contributed by atoms with E-state index >= 15 is 0 Å². The highest BCUT2D eigenvalue weighted by molar-refractivity contribution is 5.94. The van der Waals surface area contributed by atoms with Crippen LogP contribution >= 0.6 is 0 Å². The maximum absolute atomic E-state index is 13.4. The van der Waals surface area contributed by atoms with Gasteiger partial charge in [0, 0.05) is 23.7 Å². The van der Waals surface area contributed by atoms with Gasteiger partial charge < -0.3 is 5.32 Å². The fourth-order valence-electron chi connectivity index (χ4n) is 5.28. The highest BCUT2D eigenvalue weighted by atomic mass is 19.1. The lowest BCUT2D eigenvalue weighted by Crippen LogP contribution is -2.36. The van der Waals surface area contributed by atoms with E-state index in [2.05, 4.69) is 10.3 Å². The minimum atomic E-state index is -0.404. The van der Waals surface area contributed by atoms with Crippen LogP contribution in [0.4, 0.5) is 4.39 Å². The molecular weight excluding hydrogens is 395 g/mol. The first-order valence-corrected chi connectivity index (χ1v) is 10.4. The molecule has 0 saturated heterocycles. The van der Waals surface area contributed by atoms with E-state index in [1.54, 1.807) is 28.8 Å². The van der Waals surface area contributed by atoms with Crippen molar-refractivity contribution in [2.24, 2.45) is 17.8 Å². The van der Waals surface area contributed by atoms with E-state index in [-0.39, 0.29) is 23.6 Å². The standard InChI is InChI=1S/C24H21FN4O2/c1-13(28-23(30)15-4-2-14(11-26)3-5-15)22-19-9-17(10-20(19)22)29-12-27-21-8-16(25)6-7-18(21)24(29)31/h2-8,12-13,17,19-20,22H,9-10H2,1H3,(H,28,30). The average molecular weight is 416 g/mol. The molecule has 6 nitrogen and oxygen atoms in total. The Morgan fingerprint density at radius 2 is 1.94 bits per heavy atom. The van der Waals surface area contributed by atoms with E-state index in [4.69, 9.17) is 5.26 Å². The summed E-state index contributed by atoms with van der Waals surface area (Å²) < 4.78 is 15.1. The van der Waals surface area contributed by atoms with E-state index < -0.39 is 5.82 Å². The van der Waals surface area contributed by atoms with Crippen molar-refractivity contribution in [3.8, 4) is 6.07 Å². The first kappa shape index (κ1) is 19.4. The van der Waals surface area contributed by atoms with Gasteiger partial charge in [-0.15, -0.1) is 0 Å². The van der Waals surface area contributed by atoms with Crippen molar-refractivity contribution < 1.29 is 9.18 Å². The normalized spacial score (nSPS) is 24.9. The summed E-state index contributed by atoms with van der Waals surface area (Å²) in [6.07, 6.45) is 3.28. The third kappa shape index (κ3) is 3.38. The minimum Gasteiger partial charge on any atom is -0.349 e. The molecule has 2 aromatic carbocycles. The van der Waals surface area contributed by atoms with Crippen LogP contribution in [0.1, 0.15) is 41.7 Å². The number of benzene rings is 2. The number of carbonyl (C=O) groups is 1. The average Bonchev–Trinajstić information content (AvgIpc) is 3.28. The Balaban J connectivity index is 1.24. The molecule has 0 aliphatic heterocycles. The van der Waals surface area contributed by atoms with Gasteiger partial charge >= 0.3 is 0 Å². The number of nitrogens with zero attached hydrogens (tertiary/aromatic N) is 3. The molecule has 1 heterocycles. The smallest absolute Gasteiger partial charge is 0.261 e. The zero-order valence-electron chi connectivity index (χ0n) is 17.0. The third-order valence-electron chi connectivity index (χ3n) is 6.84. The Hall–Kier alpha value is -3.53. The number of amides is 1. The van der Waals surface area contributed by atoms with Crippen LogP contribution in [0.2, 0.25) is 0 Å². The maximum atomic E-state index is 13.4. The van der Waals surface area contributed by atoms with E-state index in [1.165, 1.54) is 24.5 Å². The molecule has 5 rings (SSSR count). The summed E-state index contributed by atoms with van der Waals surface area (Å²) in [6, 6.07) is 12.8. The van der Waals surface area contributed by atoms with Crippen molar-refractivity contribution in [2.75, 3.05) is 0 Å². The van der Waals surface area contributed by atoms with Crippen LogP contribution < -0.4 is 10.9 Å². The molecule has 0 spiro atoms. The fourth-order valence-corrected chi connectivity index (χ4v) is 5.28. The zero-order valence-corrected chi connectivity index (χ0v) is 17.0. The number of fused-ring (bicyclic) bond motifs is 2. The van der Waals surface area contributed by atoms with Gasteiger partial charge in [0.05, 0.1) is 28.9 Å². The van der Waals surface area contributed by atoms with Crippen molar-refractivity contribution in [1.82, 2.24) is 14.9 Å². The van der Waals surface area contributed by atoms with E-state index in [9.17, 15) is 14.0 Å². The van der Waals surface area contributed by atoms with Crippen molar-refractivity contribution in [3.05, 3.63) is 76.1 Å². The van der Waals surface area contributed by atoms with Crippen molar-refractivity contribution in [2.45, 2.75) is 31.8 Å². The molecule has 3 aromatic rings. The molecule has 2 saturated carbocycles. The molecule has 1 N–H and O–H groups in total. The lowest BCUT2D eigenvalue weighted by molar-refractivity contribution is 0.0932. The van der Waals surface area contributed by atoms with Crippen LogP contribution in [0.15, 0.2) is 53.6 Å². The van der Waals surface area contributed by atoms with Gasteiger partial charge in [0.2, 0.25) is 0 Å². The summed E-state index contributed by atoms with van der Waals surface area (Å²) in [5.74, 6) is 0.797. The molecule has 31 heavy (non-hydrogen) atoms. The highest BCUT2D eigenvalue weighted by Gasteiger charge is 2.58. The topological polar surface area (TPSA) is 87.8 Å². The number of hydrogen-bond donors (Lipinski definition) is 1. The van der Waals surface area contributed by atoms with E-state index in [0.717, 1.165) is 12.8 Å². The Morgan fingerprint density at radius 1 is 1.23 bits per heavy atom. The second-order valence-corrected chi connectivity index (χ2v) is 8.60. The summed E-state index contributed by atoms with van der Waals surface area (Å²) in [5.41, 5.74) is 1.31. The molecule has 3 atom stereocenters. The molecule has 1 aromatic heterocycles. The largest absolute Gasteiger partial charge is 0.349 e. The first-order chi connectivity index (χ1) is 15.0. The minimum absolute atomic E-state index is 0.0357. The molecule has 2 aliphatic rings. The maximum Gasteiger partial charge on any atom is 0.261 e. The second-order valence-electron chi connectivity index (χ2n) is 8.60. The monoisotopic (exact) mass is 416 g/mol. The van der Waals surface area contributed by atoms with Crippen LogP contribution in [0.5, 0.6) is 0 Å². The Kier molecular flexibility index (Phi) is 4.58. The summed E-state index contributed by atoms with van der Waals surface area (Å²) in [5, 5.41) is 12.4. The number of nitriles is 1. The Bertz CT molecular complexity index is 1270. The summed E-state index contributed by atoms with van der Waals surface area (Å²) in [6.45, 7) is 2.03. The van der Waals surface area contributed by atoms with Crippen LogP contribution in [0.25, 0.3) is 10.9 Å². The molecule has 156 valence electrons. The second kappa shape index (κ2) is 7.31. The number of rotatable bonds is 4. The van der Waals surface area contributed by atoms with Gasteiger partial charge in [0.15, 0.2) is 0 Å². The van der Waals surface area contributed by atoms with Gasteiger partial charge in [0.1, 0.15) is 5.82 Å². The molecule has 0 radical (unpaired) electrons.